The molecule has 2 aliphatic heterocycles. The molecule has 0 saturated carbocycles. The number of nitrogens with one attached hydrogen (secondary N) is 2. The lowest BCUT2D eigenvalue weighted by Crippen LogP contribution is -2.44. The van der Waals surface area contributed by atoms with Crippen LogP contribution in [0.25, 0.3) is 10.9 Å². The summed E-state index contributed by atoms with van der Waals surface area (Å²) in [5.74, 6) is 0.312. The van der Waals surface area contributed by atoms with Crippen LogP contribution in [0.5, 0.6) is 5.75 Å². The molecule has 0 spiro atoms. The number of hydrogen-bond acceptors (Lipinski definition) is 4. The number of anilines is 2. The monoisotopic (exact) mass is 584 g/mol. The number of aromatic nitrogens is 1. The van der Waals surface area contributed by atoms with Crippen molar-refractivity contribution in [3.63, 3.8) is 0 Å². The highest BCUT2D eigenvalue weighted by molar-refractivity contribution is 6.24. The first-order chi connectivity index (χ1) is 21.4. The normalized spacial score (nSPS) is 17.6. The minimum Gasteiger partial charge on any atom is -0.497 e. The first kappa shape index (κ1) is 27.5. The van der Waals surface area contributed by atoms with Crippen molar-refractivity contribution < 1.29 is 19.1 Å². The molecule has 0 aliphatic carbocycles. The molecule has 4 aromatic carbocycles. The Balaban J connectivity index is 1.28. The lowest BCUT2D eigenvalue weighted by atomic mass is 9.89. The van der Waals surface area contributed by atoms with Gasteiger partial charge in [0.2, 0.25) is 0 Å². The van der Waals surface area contributed by atoms with Crippen molar-refractivity contribution in [2.24, 2.45) is 0 Å². The topological polar surface area (TPSA) is 94.7 Å². The van der Waals surface area contributed by atoms with E-state index in [1.165, 1.54) is 4.90 Å². The third kappa shape index (κ3) is 4.41. The van der Waals surface area contributed by atoms with Gasteiger partial charge in [0, 0.05) is 28.7 Å². The second-order valence-electron chi connectivity index (χ2n) is 11.6. The number of ether oxygens (including phenoxy) is 1. The summed E-state index contributed by atoms with van der Waals surface area (Å²) < 4.78 is 5.38. The largest absolute Gasteiger partial charge is 0.497 e. The number of benzene rings is 4. The molecule has 1 saturated heterocycles. The van der Waals surface area contributed by atoms with E-state index in [0.29, 0.717) is 23.8 Å². The molecular weight excluding hydrogens is 552 g/mol. The van der Waals surface area contributed by atoms with Gasteiger partial charge in [-0.25, -0.2) is 9.69 Å². The van der Waals surface area contributed by atoms with E-state index in [1.807, 2.05) is 72.8 Å². The van der Waals surface area contributed by atoms with E-state index in [9.17, 15) is 14.4 Å². The van der Waals surface area contributed by atoms with E-state index in [0.717, 1.165) is 33.3 Å². The molecule has 1 aromatic heterocycles. The molecule has 8 heteroatoms. The molecule has 5 aromatic rings. The van der Waals surface area contributed by atoms with Crippen LogP contribution >= 0.6 is 0 Å². The molecular formula is C36H32N4O4. The minimum atomic E-state index is -0.735. The number of H-pyrrole nitrogens is 1. The van der Waals surface area contributed by atoms with Crippen LogP contribution in [0, 0.1) is 0 Å². The van der Waals surface area contributed by atoms with Crippen molar-refractivity contribution in [3.05, 3.63) is 125 Å². The molecule has 3 heterocycles. The first-order valence-electron chi connectivity index (χ1n) is 14.8. The third-order valence-corrected chi connectivity index (χ3v) is 8.71. The van der Waals surface area contributed by atoms with Gasteiger partial charge >= 0.3 is 6.03 Å². The summed E-state index contributed by atoms with van der Waals surface area (Å²) in [6, 6.07) is 28.3. The Morgan fingerprint density at radius 1 is 0.909 bits per heavy atom. The summed E-state index contributed by atoms with van der Waals surface area (Å²) in [7, 11) is 1.61. The Hall–Kier alpha value is -5.37. The van der Waals surface area contributed by atoms with E-state index < -0.39 is 24.0 Å². The van der Waals surface area contributed by atoms with Crippen molar-refractivity contribution >= 4 is 40.1 Å². The fourth-order valence-corrected chi connectivity index (χ4v) is 6.44. The molecule has 220 valence electrons. The Morgan fingerprint density at radius 3 is 2.34 bits per heavy atom. The number of methoxy groups -OCH3 is 1. The average molecular weight is 585 g/mol. The SMILES string of the molecule is COc1ccc([C@@H]2c3[nH]c4ccccc4c3C[C@H]3C(=O)N(c4ccccc4C(=O)Nc4ccc(C(C)C)cc4)C(=O)N23)cc1. The average Bonchev–Trinajstić information content (AvgIpc) is 3.54. The molecule has 8 nitrogen and oxygen atoms in total. The molecule has 2 N–H and O–H groups in total. The van der Waals surface area contributed by atoms with E-state index in [4.69, 9.17) is 4.74 Å². The predicted molar refractivity (Wildman–Crippen MR) is 170 cm³/mol. The zero-order chi connectivity index (χ0) is 30.5. The maximum Gasteiger partial charge on any atom is 0.332 e. The highest BCUT2D eigenvalue weighted by Crippen LogP contribution is 2.45. The number of nitrogens with zero attached hydrogens (tertiary/aromatic N) is 2. The van der Waals surface area contributed by atoms with Crippen LogP contribution in [0.2, 0.25) is 0 Å². The number of para-hydroxylation sites is 2. The van der Waals surface area contributed by atoms with Gasteiger partial charge in [-0.3, -0.25) is 14.5 Å². The Kier molecular flexibility index (Phi) is 6.69. The van der Waals surface area contributed by atoms with Crippen molar-refractivity contribution in [1.29, 1.82) is 0 Å². The molecule has 2 atom stereocenters. The smallest absolute Gasteiger partial charge is 0.332 e. The second kappa shape index (κ2) is 10.7. The number of amides is 4. The first-order valence-corrected chi connectivity index (χ1v) is 14.8. The summed E-state index contributed by atoms with van der Waals surface area (Å²) in [5.41, 5.74) is 6.00. The van der Waals surface area contributed by atoms with Crippen molar-refractivity contribution in [1.82, 2.24) is 9.88 Å². The number of imide groups is 1. The number of carbonyl (C=O) groups is 3. The van der Waals surface area contributed by atoms with Crippen LogP contribution in [-0.4, -0.2) is 40.9 Å². The van der Waals surface area contributed by atoms with Crippen LogP contribution in [0.15, 0.2) is 97.1 Å². The van der Waals surface area contributed by atoms with Crippen LogP contribution in [0.3, 0.4) is 0 Å². The highest BCUT2D eigenvalue weighted by Gasteiger charge is 2.53. The van der Waals surface area contributed by atoms with Crippen molar-refractivity contribution in [2.45, 2.75) is 38.3 Å². The molecule has 0 radical (unpaired) electrons. The van der Waals surface area contributed by atoms with E-state index >= 15 is 0 Å². The maximum absolute atomic E-state index is 14.4. The maximum atomic E-state index is 14.4. The van der Waals surface area contributed by atoms with Crippen LogP contribution < -0.4 is 15.0 Å². The Labute approximate surface area is 255 Å². The van der Waals surface area contributed by atoms with Crippen molar-refractivity contribution in [3.8, 4) is 5.75 Å². The lowest BCUT2D eigenvalue weighted by Gasteiger charge is -2.36. The van der Waals surface area contributed by atoms with Gasteiger partial charge in [0.1, 0.15) is 17.8 Å². The number of carbonyl (C=O) groups excluding carboxylic acids is 3. The van der Waals surface area contributed by atoms with E-state index in [1.54, 1.807) is 36.3 Å². The van der Waals surface area contributed by atoms with Crippen LogP contribution in [0.4, 0.5) is 16.2 Å². The van der Waals surface area contributed by atoms with Gasteiger partial charge in [-0.05, 0) is 65.1 Å². The predicted octanol–water partition coefficient (Wildman–Crippen LogP) is 7.04. The summed E-state index contributed by atoms with van der Waals surface area (Å²) in [4.78, 5) is 48.6. The van der Waals surface area contributed by atoms with Gasteiger partial charge in [-0.1, -0.05) is 68.4 Å². The molecule has 7 rings (SSSR count). The summed E-state index contributed by atoms with van der Waals surface area (Å²) >= 11 is 0. The summed E-state index contributed by atoms with van der Waals surface area (Å²) in [6.07, 6.45) is 0.365. The van der Waals surface area contributed by atoms with Gasteiger partial charge in [0.05, 0.1) is 18.4 Å². The zero-order valence-electron chi connectivity index (χ0n) is 24.7. The van der Waals surface area contributed by atoms with Gasteiger partial charge in [0.25, 0.3) is 11.8 Å². The Bertz CT molecular complexity index is 1910. The van der Waals surface area contributed by atoms with E-state index in [-0.39, 0.29) is 17.2 Å². The Morgan fingerprint density at radius 2 is 1.61 bits per heavy atom. The minimum absolute atomic E-state index is 0.243. The zero-order valence-corrected chi connectivity index (χ0v) is 24.7. The van der Waals surface area contributed by atoms with Crippen LogP contribution in [-0.2, 0) is 11.2 Å². The number of rotatable bonds is 6. The summed E-state index contributed by atoms with van der Waals surface area (Å²) in [5, 5.41) is 3.97. The van der Waals surface area contributed by atoms with Gasteiger partial charge < -0.3 is 15.0 Å². The standard InChI is InChI=1S/C36H32N4O4/c1-21(2)22-12-16-24(17-13-22)37-34(41)27-9-5-7-11-30(27)40-35(42)31-20-28-26-8-4-6-10-29(26)38-32(28)33(39(31)36(40)43)23-14-18-25(44-3)19-15-23/h4-19,21,31,33,38H,20H2,1-3H3,(H,37,41)/t31-,33+/m0/s1. The lowest BCUT2D eigenvalue weighted by molar-refractivity contribution is -0.120. The van der Waals surface area contributed by atoms with Crippen molar-refractivity contribution in [2.75, 3.05) is 17.3 Å². The summed E-state index contributed by atoms with van der Waals surface area (Å²) in [6.45, 7) is 4.22. The van der Waals surface area contributed by atoms with Crippen LogP contribution in [0.1, 0.15) is 58.5 Å². The third-order valence-electron chi connectivity index (χ3n) is 8.71. The van der Waals surface area contributed by atoms with Gasteiger partial charge in [0.15, 0.2) is 0 Å². The molecule has 0 bridgehead atoms. The fraction of sp³-hybridized carbons (Fsp3) is 0.194. The molecule has 1 fully saturated rings. The molecule has 44 heavy (non-hydrogen) atoms. The number of aromatic amines is 1. The van der Waals surface area contributed by atoms with Gasteiger partial charge in [-0.2, -0.15) is 0 Å². The molecule has 4 amide bonds. The highest BCUT2D eigenvalue weighted by atomic mass is 16.5. The number of fused-ring (bicyclic) bond motifs is 4. The van der Waals surface area contributed by atoms with E-state index in [2.05, 4.69) is 24.1 Å². The molecule has 2 aliphatic rings. The second-order valence-corrected chi connectivity index (χ2v) is 11.6. The fourth-order valence-electron chi connectivity index (χ4n) is 6.44. The van der Waals surface area contributed by atoms with Gasteiger partial charge in [-0.15, -0.1) is 0 Å². The number of hydrogen-bond donors (Lipinski definition) is 2. The quantitative estimate of drug-likeness (QED) is 0.210. The molecule has 0 unspecified atom stereocenters. The number of urea groups is 1.